The van der Waals surface area contributed by atoms with Crippen molar-refractivity contribution in [2.75, 3.05) is 11.4 Å². The van der Waals surface area contributed by atoms with Gasteiger partial charge >= 0.3 is 5.97 Å². The van der Waals surface area contributed by atoms with Crippen LogP contribution in [0.15, 0.2) is 36.4 Å². The number of fused-ring (bicyclic) bond motifs is 1. The molecule has 2 unspecified atom stereocenters. The Bertz CT molecular complexity index is 741. The third-order valence-electron chi connectivity index (χ3n) is 5.13. The van der Waals surface area contributed by atoms with Gasteiger partial charge in [0.1, 0.15) is 11.5 Å². The van der Waals surface area contributed by atoms with Gasteiger partial charge in [-0.25, -0.2) is 0 Å². The predicted octanol–water partition coefficient (Wildman–Crippen LogP) is 2.23. The molecule has 2 bridgehead atoms. The minimum absolute atomic E-state index is 0.0538. The lowest BCUT2D eigenvalue weighted by Crippen LogP contribution is -2.40. The summed E-state index contributed by atoms with van der Waals surface area (Å²) in [5.41, 5.74) is 1.20. The number of benzene rings is 1. The zero-order valence-corrected chi connectivity index (χ0v) is 14.1. The van der Waals surface area contributed by atoms with Gasteiger partial charge in [-0.15, -0.1) is 0 Å². The summed E-state index contributed by atoms with van der Waals surface area (Å²) < 4.78 is 11.5. The van der Waals surface area contributed by atoms with Crippen LogP contribution in [0.1, 0.15) is 19.4 Å². The first-order valence-electron chi connectivity index (χ1n) is 8.37. The number of carbonyl (C=O) groups excluding carboxylic acids is 2. The monoisotopic (exact) mass is 327 g/mol. The van der Waals surface area contributed by atoms with Crippen LogP contribution in [0.4, 0.5) is 5.69 Å². The SMILES string of the molecule is Cc1ccccc1N1C[C@@]23C=C[C@@H](O2)C(C(=O)OC(C)C)C3C1=O. The Morgan fingerprint density at radius 1 is 1.38 bits per heavy atom. The summed E-state index contributed by atoms with van der Waals surface area (Å²) in [6, 6.07) is 7.78. The van der Waals surface area contributed by atoms with E-state index in [0.29, 0.717) is 6.54 Å². The highest BCUT2D eigenvalue weighted by atomic mass is 16.6. The van der Waals surface area contributed by atoms with Gasteiger partial charge in [0.15, 0.2) is 0 Å². The molecule has 1 aromatic carbocycles. The second-order valence-corrected chi connectivity index (χ2v) is 7.10. The smallest absolute Gasteiger partial charge is 0.313 e. The molecule has 126 valence electrons. The van der Waals surface area contributed by atoms with Crippen LogP contribution in [0.2, 0.25) is 0 Å². The standard InChI is InChI=1S/C19H21NO4/c1-11(2)23-18(22)15-14-8-9-19(24-14)10-20(17(21)16(15)19)13-7-5-4-6-12(13)3/h4-9,11,14-16H,10H2,1-3H3/t14-,15?,16?,19-/m1/s1. The summed E-state index contributed by atoms with van der Waals surface area (Å²) in [4.78, 5) is 27.4. The van der Waals surface area contributed by atoms with E-state index in [1.807, 2.05) is 57.2 Å². The number of anilines is 1. The second-order valence-electron chi connectivity index (χ2n) is 7.10. The van der Waals surface area contributed by atoms with Crippen LogP contribution < -0.4 is 4.90 Å². The first-order valence-corrected chi connectivity index (χ1v) is 8.37. The fourth-order valence-electron chi connectivity index (χ4n) is 4.15. The zero-order valence-electron chi connectivity index (χ0n) is 14.1. The molecule has 1 amide bonds. The van der Waals surface area contributed by atoms with E-state index >= 15 is 0 Å². The van der Waals surface area contributed by atoms with Crippen molar-refractivity contribution in [2.24, 2.45) is 11.8 Å². The topological polar surface area (TPSA) is 55.8 Å². The average Bonchev–Trinajstić information content (AvgIpc) is 3.15. The van der Waals surface area contributed by atoms with E-state index in [2.05, 4.69) is 0 Å². The van der Waals surface area contributed by atoms with E-state index in [1.54, 1.807) is 4.90 Å². The van der Waals surface area contributed by atoms with E-state index in [9.17, 15) is 9.59 Å². The molecule has 0 aromatic heterocycles. The Labute approximate surface area is 141 Å². The summed E-state index contributed by atoms with van der Waals surface area (Å²) >= 11 is 0. The van der Waals surface area contributed by atoms with Crippen molar-refractivity contribution in [3.8, 4) is 0 Å². The summed E-state index contributed by atoms with van der Waals surface area (Å²) in [5, 5.41) is 0. The van der Waals surface area contributed by atoms with Crippen molar-refractivity contribution < 1.29 is 19.1 Å². The largest absolute Gasteiger partial charge is 0.463 e. The number of esters is 1. The highest BCUT2D eigenvalue weighted by Gasteiger charge is 2.67. The highest BCUT2D eigenvalue weighted by molar-refractivity contribution is 6.03. The highest BCUT2D eigenvalue weighted by Crippen LogP contribution is 2.53. The van der Waals surface area contributed by atoms with Crippen LogP contribution >= 0.6 is 0 Å². The van der Waals surface area contributed by atoms with Gasteiger partial charge in [0.25, 0.3) is 0 Å². The number of aryl methyl sites for hydroxylation is 1. The number of carbonyl (C=O) groups is 2. The average molecular weight is 327 g/mol. The second kappa shape index (κ2) is 5.18. The van der Waals surface area contributed by atoms with Crippen molar-refractivity contribution in [1.82, 2.24) is 0 Å². The lowest BCUT2D eigenvalue weighted by molar-refractivity contribution is -0.156. The van der Waals surface area contributed by atoms with Gasteiger partial charge in [-0.05, 0) is 32.4 Å². The quantitative estimate of drug-likeness (QED) is 0.631. The molecule has 4 rings (SSSR count). The van der Waals surface area contributed by atoms with Gasteiger partial charge in [0.05, 0.1) is 24.7 Å². The van der Waals surface area contributed by atoms with E-state index in [0.717, 1.165) is 11.3 Å². The molecule has 5 heteroatoms. The van der Waals surface area contributed by atoms with Gasteiger partial charge in [0.2, 0.25) is 5.91 Å². The van der Waals surface area contributed by atoms with Gasteiger partial charge in [-0.3, -0.25) is 9.59 Å². The number of rotatable bonds is 3. The van der Waals surface area contributed by atoms with Gasteiger partial charge in [-0.2, -0.15) is 0 Å². The first-order chi connectivity index (χ1) is 11.4. The minimum Gasteiger partial charge on any atom is -0.463 e. The van der Waals surface area contributed by atoms with Crippen LogP contribution in [0.25, 0.3) is 0 Å². The summed E-state index contributed by atoms with van der Waals surface area (Å²) in [5.74, 6) is -1.45. The summed E-state index contributed by atoms with van der Waals surface area (Å²) in [6.07, 6.45) is 3.29. The Balaban J connectivity index is 1.69. The zero-order chi connectivity index (χ0) is 17.1. The Hall–Kier alpha value is -2.14. The molecule has 1 aromatic rings. The number of nitrogens with zero attached hydrogens (tertiary/aromatic N) is 1. The van der Waals surface area contributed by atoms with Gasteiger partial charge in [0, 0.05) is 5.69 Å². The van der Waals surface area contributed by atoms with Crippen molar-refractivity contribution in [3.05, 3.63) is 42.0 Å². The molecule has 2 fully saturated rings. The number of amides is 1. The van der Waals surface area contributed by atoms with Gasteiger partial charge in [-0.1, -0.05) is 30.4 Å². The van der Waals surface area contributed by atoms with Crippen molar-refractivity contribution in [3.63, 3.8) is 0 Å². The molecule has 3 aliphatic heterocycles. The molecule has 4 atom stereocenters. The normalized spacial score (nSPS) is 33.4. The van der Waals surface area contributed by atoms with E-state index in [-0.39, 0.29) is 24.1 Å². The molecule has 3 aliphatic rings. The Kier molecular flexibility index (Phi) is 3.32. The maximum atomic E-state index is 13.1. The van der Waals surface area contributed by atoms with Crippen LogP contribution in [0, 0.1) is 18.8 Å². The molecule has 0 radical (unpaired) electrons. The van der Waals surface area contributed by atoms with Gasteiger partial charge < -0.3 is 14.4 Å². The molecule has 0 N–H and O–H groups in total. The third-order valence-corrected chi connectivity index (χ3v) is 5.13. The Morgan fingerprint density at radius 2 is 2.12 bits per heavy atom. The molecular formula is C19H21NO4. The van der Waals surface area contributed by atoms with E-state index < -0.39 is 17.4 Å². The van der Waals surface area contributed by atoms with Crippen LogP contribution in [-0.4, -0.2) is 36.2 Å². The molecule has 1 spiro atoms. The fourth-order valence-corrected chi connectivity index (χ4v) is 4.15. The Morgan fingerprint density at radius 3 is 2.83 bits per heavy atom. The predicted molar refractivity (Wildman–Crippen MR) is 88.5 cm³/mol. The fraction of sp³-hybridized carbons (Fsp3) is 0.474. The molecule has 5 nitrogen and oxygen atoms in total. The van der Waals surface area contributed by atoms with E-state index in [1.165, 1.54) is 0 Å². The van der Waals surface area contributed by atoms with Crippen molar-refractivity contribution in [1.29, 1.82) is 0 Å². The third kappa shape index (κ3) is 2.04. The number of hydrogen-bond acceptors (Lipinski definition) is 4. The number of ether oxygens (including phenoxy) is 2. The van der Waals surface area contributed by atoms with Crippen LogP contribution in [0.5, 0.6) is 0 Å². The molecule has 2 saturated heterocycles. The molecule has 0 aliphatic carbocycles. The molecule has 24 heavy (non-hydrogen) atoms. The maximum Gasteiger partial charge on any atom is 0.313 e. The lowest BCUT2D eigenvalue weighted by Gasteiger charge is -2.23. The summed E-state index contributed by atoms with van der Waals surface area (Å²) in [7, 11) is 0. The van der Waals surface area contributed by atoms with Crippen LogP contribution in [-0.2, 0) is 19.1 Å². The minimum atomic E-state index is -0.704. The van der Waals surface area contributed by atoms with Crippen LogP contribution in [0.3, 0.4) is 0 Å². The molecule has 3 heterocycles. The number of hydrogen-bond donors (Lipinski definition) is 0. The van der Waals surface area contributed by atoms with Crippen molar-refractivity contribution in [2.45, 2.75) is 38.6 Å². The first kappa shape index (κ1) is 15.4. The molecular weight excluding hydrogens is 306 g/mol. The number of para-hydroxylation sites is 1. The van der Waals surface area contributed by atoms with Crippen molar-refractivity contribution >= 4 is 17.6 Å². The lowest BCUT2D eigenvalue weighted by atomic mass is 9.77. The maximum absolute atomic E-state index is 13.1. The molecule has 0 saturated carbocycles. The summed E-state index contributed by atoms with van der Waals surface area (Å²) in [6.45, 7) is 6.05. The van der Waals surface area contributed by atoms with E-state index in [4.69, 9.17) is 9.47 Å².